The van der Waals surface area contributed by atoms with E-state index in [1.165, 1.54) is 19.1 Å². The molecule has 1 saturated heterocycles. The summed E-state index contributed by atoms with van der Waals surface area (Å²) in [5, 5.41) is 52.3. The third-order valence-corrected chi connectivity index (χ3v) is 5.73. The van der Waals surface area contributed by atoms with Crippen molar-refractivity contribution in [3.8, 4) is 5.75 Å². The maximum atomic E-state index is 12.7. The average Bonchev–Trinajstić information content (AvgIpc) is 3.10. The molecule has 2 aromatic heterocycles. The van der Waals surface area contributed by atoms with Crippen LogP contribution in [-0.4, -0.2) is 82.3 Å². The van der Waals surface area contributed by atoms with E-state index in [1.807, 2.05) is 4.98 Å². The number of pyridine rings is 1. The number of nitrogens with two attached hydrogens (primary N) is 1. The van der Waals surface area contributed by atoms with E-state index in [0.29, 0.717) is 0 Å². The summed E-state index contributed by atoms with van der Waals surface area (Å²) in [5.74, 6) is -3.75. The summed E-state index contributed by atoms with van der Waals surface area (Å²) in [6.07, 6.45) is -6.15. The monoisotopic (exact) mass is 495 g/mol. The highest BCUT2D eigenvalue weighted by Gasteiger charge is 2.50. The molecule has 1 amide bonds. The molecule has 0 saturated carbocycles. The number of hydrogen-bond acceptors (Lipinski definition) is 11. The molecule has 9 N–H and O–H groups in total. The molecule has 35 heavy (non-hydrogen) atoms. The van der Waals surface area contributed by atoms with Gasteiger partial charge in [-0.2, -0.15) is 0 Å². The average molecular weight is 495 g/mol. The van der Waals surface area contributed by atoms with Gasteiger partial charge in [-0.1, -0.05) is 6.92 Å². The van der Waals surface area contributed by atoms with Gasteiger partial charge in [-0.3, -0.25) is 24.1 Å². The molecular weight excluding hydrogens is 470 g/mol. The number of amides is 1. The van der Waals surface area contributed by atoms with Crippen LogP contribution in [0.5, 0.6) is 5.75 Å². The van der Waals surface area contributed by atoms with Crippen LogP contribution in [0.4, 0.5) is 0 Å². The number of carboxylic acid groups (broad SMARTS) is 1. The fraction of sp³-hybridized carbons (Fsp3) is 0.450. The van der Waals surface area contributed by atoms with Gasteiger partial charge < -0.3 is 41.3 Å². The molecule has 1 aliphatic heterocycles. The predicted molar refractivity (Wildman–Crippen MR) is 115 cm³/mol. The van der Waals surface area contributed by atoms with Crippen LogP contribution >= 0.6 is 0 Å². The molecule has 0 aromatic carbocycles. The van der Waals surface area contributed by atoms with Crippen LogP contribution in [0, 0.1) is 5.92 Å². The number of rotatable bonds is 8. The van der Waals surface area contributed by atoms with Crippen molar-refractivity contribution in [1.29, 1.82) is 0 Å². The summed E-state index contributed by atoms with van der Waals surface area (Å²) < 4.78 is 6.16. The zero-order valence-electron chi connectivity index (χ0n) is 18.3. The van der Waals surface area contributed by atoms with E-state index >= 15 is 0 Å². The number of nitrogens with zero attached hydrogens (tertiary/aromatic N) is 2. The Bertz CT molecular complexity index is 1180. The molecule has 15 nitrogen and oxygen atoms in total. The van der Waals surface area contributed by atoms with Crippen molar-refractivity contribution in [2.75, 3.05) is 0 Å². The molecule has 8 atom stereocenters. The molecule has 0 radical (unpaired) electrons. The van der Waals surface area contributed by atoms with E-state index in [-0.39, 0.29) is 11.4 Å². The molecular formula is C20H25N5O10. The second-order valence-corrected chi connectivity index (χ2v) is 8.09. The Morgan fingerprint density at radius 2 is 1.91 bits per heavy atom. The summed E-state index contributed by atoms with van der Waals surface area (Å²) in [6, 6.07) is 0.215. The Morgan fingerprint density at radius 1 is 1.23 bits per heavy atom. The minimum atomic E-state index is -1.90. The second-order valence-electron chi connectivity index (χ2n) is 8.09. The number of nitrogens with one attached hydrogen (secondary N) is 2. The summed E-state index contributed by atoms with van der Waals surface area (Å²) in [4.78, 5) is 53.7. The Kier molecular flexibility index (Phi) is 7.67. The van der Waals surface area contributed by atoms with E-state index in [4.69, 9.17) is 10.5 Å². The van der Waals surface area contributed by atoms with Crippen LogP contribution in [0.1, 0.15) is 24.9 Å². The van der Waals surface area contributed by atoms with Crippen molar-refractivity contribution < 1.29 is 39.9 Å². The highest BCUT2D eigenvalue weighted by atomic mass is 16.6. The van der Waals surface area contributed by atoms with Crippen molar-refractivity contribution in [2.24, 2.45) is 11.7 Å². The van der Waals surface area contributed by atoms with Gasteiger partial charge in [0.05, 0.1) is 17.9 Å². The zero-order chi connectivity index (χ0) is 26.0. The van der Waals surface area contributed by atoms with Crippen LogP contribution in [0.25, 0.3) is 0 Å². The minimum absolute atomic E-state index is 0.111. The quantitative estimate of drug-likeness (QED) is 0.178. The van der Waals surface area contributed by atoms with Gasteiger partial charge in [-0.15, -0.1) is 0 Å². The summed E-state index contributed by atoms with van der Waals surface area (Å²) >= 11 is 0. The van der Waals surface area contributed by atoms with E-state index in [0.717, 1.165) is 23.0 Å². The first kappa shape index (κ1) is 26.0. The van der Waals surface area contributed by atoms with Crippen LogP contribution in [-0.2, 0) is 14.3 Å². The molecule has 15 heteroatoms. The van der Waals surface area contributed by atoms with Gasteiger partial charge in [0.15, 0.2) is 12.3 Å². The number of carboxylic acids is 1. The van der Waals surface area contributed by atoms with Crippen molar-refractivity contribution in [3.05, 3.63) is 57.1 Å². The molecule has 0 spiro atoms. The van der Waals surface area contributed by atoms with Gasteiger partial charge in [-0.05, 0) is 12.1 Å². The molecule has 1 aliphatic rings. The zero-order valence-corrected chi connectivity index (χ0v) is 18.3. The number of aromatic amines is 1. The fourth-order valence-electron chi connectivity index (χ4n) is 3.63. The highest BCUT2D eigenvalue weighted by molar-refractivity contribution is 5.87. The number of hydrogen-bond donors (Lipinski definition) is 8. The SMILES string of the molecule is C[C@@H]([C@H](N)C(=O)N[C@@H](C(=O)O)[C@H]1O[C@@H](n2ccc(=O)[nH]c2=O)[C@H](O)[C@@H]1O)[C@H](O)c1ccc(O)cn1. The smallest absolute Gasteiger partial charge is 0.330 e. The molecule has 3 rings (SSSR count). The number of ether oxygens (including phenoxy) is 1. The maximum Gasteiger partial charge on any atom is 0.330 e. The van der Waals surface area contributed by atoms with E-state index < -0.39 is 71.8 Å². The normalized spacial score (nSPS) is 25.4. The first-order valence-electron chi connectivity index (χ1n) is 10.4. The number of aromatic nitrogens is 3. The molecule has 0 bridgehead atoms. The topological polar surface area (TPSA) is 250 Å². The predicted octanol–water partition coefficient (Wildman–Crippen LogP) is -3.48. The lowest BCUT2D eigenvalue weighted by molar-refractivity contribution is -0.149. The lowest BCUT2D eigenvalue weighted by Crippen LogP contribution is -2.57. The molecule has 0 unspecified atom stereocenters. The number of aliphatic hydroxyl groups is 3. The number of carbonyl (C=O) groups is 2. The number of carbonyl (C=O) groups excluding carboxylic acids is 1. The molecule has 3 heterocycles. The Balaban J connectivity index is 1.76. The summed E-state index contributed by atoms with van der Waals surface area (Å²) in [6.45, 7) is 1.42. The molecule has 0 aliphatic carbocycles. The van der Waals surface area contributed by atoms with Gasteiger partial charge in [-0.25, -0.2) is 9.59 Å². The van der Waals surface area contributed by atoms with Crippen molar-refractivity contribution >= 4 is 11.9 Å². The lowest BCUT2D eigenvalue weighted by Gasteiger charge is -2.28. The minimum Gasteiger partial charge on any atom is -0.506 e. The summed E-state index contributed by atoms with van der Waals surface area (Å²) in [7, 11) is 0. The Morgan fingerprint density at radius 3 is 2.49 bits per heavy atom. The van der Waals surface area contributed by atoms with Gasteiger partial charge in [0, 0.05) is 18.2 Å². The largest absolute Gasteiger partial charge is 0.506 e. The third-order valence-electron chi connectivity index (χ3n) is 5.73. The van der Waals surface area contributed by atoms with Crippen LogP contribution in [0.15, 0.2) is 40.2 Å². The molecule has 1 fully saturated rings. The van der Waals surface area contributed by atoms with E-state index in [2.05, 4.69) is 10.3 Å². The number of aliphatic hydroxyl groups excluding tert-OH is 3. The van der Waals surface area contributed by atoms with E-state index in [9.17, 15) is 44.7 Å². The van der Waals surface area contributed by atoms with Crippen molar-refractivity contribution in [3.63, 3.8) is 0 Å². The second kappa shape index (κ2) is 10.3. The van der Waals surface area contributed by atoms with Gasteiger partial charge in [0.2, 0.25) is 5.91 Å². The third kappa shape index (κ3) is 5.39. The highest BCUT2D eigenvalue weighted by Crippen LogP contribution is 2.30. The lowest BCUT2D eigenvalue weighted by atomic mass is 9.92. The standard InChI is InChI=1S/C20H25N5O10/c1-7(13(28)9-3-2-8(26)6-22-9)11(21)17(31)24-12(19(32)33)16-14(29)15(30)18(35-16)25-5-4-10(27)23-20(25)34/h2-7,11-16,18,26,28-30H,21H2,1H3,(H,24,31)(H,32,33)(H,23,27,34)/t7-,11-,12+,13-,14-,15+,16+,18+/m0/s1. The molecule has 2 aromatic rings. The summed E-state index contributed by atoms with van der Waals surface area (Å²) in [5.41, 5.74) is 4.33. The van der Waals surface area contributed by atoms with E-state index in [1.54, 1.807) is 0 Å². The van der Waals surface area contributed by atoms with Gasteiger partial charge >= 0.3 is 11.7 Å². The first-order chi connectivity index (χ1) is 16.4. The maximum absolute atomic E-state index is 12.7. The van der Waals surface area contributed by atoms with Crippen LogP contribution in [0.3, 0.4) is 0 Å². The Hall–Kier alpha value is -3.63. The van der Waals surface area contributed by atoms with Gasteiger partial charge in [0.1, 0.15) is 30.2 Å². The van der Waals surface area contributed by atoms with Gasteiger partial charge in [0.25, 0.3) is 5.56 Å². The van der Waals surface area contributed by atoms with Crippen LogP contribution in [0.2, 0.25) is 0 Å². The van der Waals surface area contributed by atoms with Crippen molar-refractivity contribution in [2.45, 2.75) is 49.7 Å². The fourth-order valence-corrected chi connectivity index (χ4v) is 3.63. The van der Waals surface area contributed by atoms with Crippen LogP contribution < -0.4 is 22.3 Å². The Labute approximate surface area is 196 Å². The number of H-pyrrole nitrogens is 1. The first-order valence-corrected chi connectivity index (χ1v) is 10.4. The number of aliphatic carboxylic acids is 1. The molecule has 190 valence electrons. The number of aromatic hydroxyl groups is 1. The van der Waals surface area contributed by atoms with Crippen molar-refractivity contribution in [1.82, 2.24) is 19.9 Å².